The Bertz CT molecular complexity index is 1030. The summed E-state index contributed by atoms with van der Waals surface area (Å²) in [5, 5.41) is 2.72. The van der Waals surface area contributed by atoms with Crippen molar-refractivity contribution < 1.29 is 22.7 Å². The van der Waals surface area contributed by atoms with E-state index in [1.54, 1.807) is 69.5 Å². The maximum Gasteiger partial charge on any atom is 0.244 e. The molecule has 2 aromatic rings. The zero-order valence-electron chi connectivity index (χ0n) is 18.5. The van der Waals surface area contributed by atoms with Gasteiger partial charge in [0.2, 0.25) is 21.8 Å². The third-order valence-corrected chi connectivity index (χ3v) is 6.49. The lowest BCUT2D eigenvalue weighted by Crippen LogP contribution is -2.51. The highest BCUT2D eigenvalue weighted by molar-refractivity contribution is 9.10. The fourth-order valence-corrected chi connectivity index (χ4v) is 4.17. The smallest absolute Gasteiger partial charge is 0.244 e. The number of rotatable bonds is 10. The van der Waals surface area contributed by atoms with Gasteiger partial charge in [-0.15, -0.1) is 0 Å². The molecule has 2 rings (SSSR count). The quantitative estimate of drug-likeness (QED) is 0.514. The number of nitrogens with zero attached hydrogens (tertiary/aromatic N) is 2. The van der Waals surface area contributed by atoms with Gasteiger partial charge in [-0.05, 0) is 55.8 Å². The van der Waals surface area contributed by atoms with E-state index in [4.69, 9.17) is 4.74 Å². The molecule has 1 N–H and O–H groups in total. The normalized spacial score (nSPS) is 12.0. The lowest BCUT2D eigenvalue weighted by molar-refractivity contribution is -0.139. The van der Waals surface area contributed by atoms with Crippen molar-refractivity contribution in [1.82, 2.24) is 10.2 Å². The van der Waals surface area contributed by atoms with Crippen LogP contribution in [0.1, 0.15) is 19.4 Å². The Morgan fingerprint density at radius 3 is 2.19 bits per heavy atom. The highest BCUT2D eigenvalue weighted by Crippen LogP contribution is 2.22. The predicted octanol–water partition coefficient (Wildman–Crippen LogP) is 2.78. The van der Waals surface area contributed by atoms with Gasteiger partial charge in [0.25, 0.3) is 0 Å². The van der Waals surface area contributed by atoms with Crippen LogP contribution in [0.4, 0.5) is 5.69 Å². The molecule has 0 aliphatic heterocycles. The van der Waals surface area contributed by atoms with Crippen molar-refractivity contribution in [2.45, 2.75) is 26.4 Å². The monoisotopic (exact) mass is 525 g/mol. The second-order valence-electron chi connectivity index (χ2n) is 7.19. The van der Waals surface area contributed by atoms with Gasteiger partial charge < -0.3 is 15.0 Å². The van der Waals surface area contributed by atoms with E-state index in [0.29, 0.717) is 18.0 Å². The van der Waals surface area contributed by atoms with Crippen LogP contribution in [0.5, 0.6) is 5.75 Å². The van der Waals surface area contributed by atoms with Gasteiger partial charge in [0, 0.05) is 17.6 Å². The number of sulfonamides is 1. The molecular weight excluding hydrogens is 498 g/mol. The first-order chi connectivity index (χ1) is 15.1. The number of ether oxygens (including phenoxy) is 1. The van der Waals surface area contributed by atoms with Gasteiger partial charge in [0.15, 0.2) is 0 Å². The molecule has 1 atom stereocenters. The molecule has 0 heterocycles. The number of carbonyl (C=O) groups is 2. The molecule has 0 aliphatic rings. The summed E-state index contributed by atoms with van der Waals surface area (Å²) in [4.78, 5) is 27.2. The summed E-state index contributed by atoms with van der Waals surface area (Å²) in [5.41, 5.74) is 1.14. The number of nitrogens with one attached hydrogen (secondary N) is 1. The highest BCUT2D eigenvalue weighted by atomic mass is 79.9. The summed E-state index contributed by atoms with van der Waals surface area (Å²) in [5.74, 6) is -0.140. The van der Waals surface area contributed by atoms with Crippen molar-refractivity contribution in [1.29, 1.82) is 0 Å². The van der Waals surface area contributed by atoms with E-state index in [2.05, 4.69) is 21.2 Å². The van der Waals surface area contributed by atoms with Gasteiger partial charge in [-0.2, -0.15) is 0 Å². The standard InChI is InChI=1S/C22H28BrN3O5S/c1-5-24-22(28)16(2)25(14-17-6-12-20(31-3)13-7-17)21(27)15-26(32(4,29)30)19-10-8-18(23)9-11-19/h6-13,16H,5,14-15H2,1-4H3,(H,24,28). The molecular formula is C22H28BrN3O5S. The van der Waals surface area contributed by atoms with Crippen molar-refractivity contribution in [2.24, 2.45) is 0 Å². The summed E-state index contributed by atoms with van der Waals surface area (Å²) < 4.78 is 31.9. The lowest BCUT2D eigenvalue weighted by Gasteiger charge is -2.31. The Morgan fingerprint density at radius 2 is 1.69 bits per heavy atom. The zero-order chi connectivity index (χ0) is 23.9. The van der Waals surface area contributed by atoms with E-state index in [1.165, 1.54) is 4.90 Å². The van der Waals surface area contributed by atoms with Gasteiger partial charge in [0.05, 0.1) is 19.1 Å². The van der Waals surface area contributed by atoms with Crippen LogP contribution in [-0.2, 0) is 26.2 Å². The number of hydrogen-bond acceptors (Lipinski definition) is 5. The molecule has 1 unspecified atom stereocenters. The summed E-state index contributed by atoms with van der Waals surface area (Å²) in [6.45, 7) is 3.54. The van der Waals surface area contributed by atoms with Gasteiger partial charge in [-0.1, -0.05) is 28.1 Å². The SMILES string of the molecule is CCNC(=O)C(C)N(Cc1ccc(OC)cc1)C(=O)CN(c1ccc(Br)cc1)S(C)(=O)=O. The number of anilines is 1. The summed E-state index contributed by atoms with van der Waals surface area (Å²) >= 11 is 3.32. The number of methoxy groups -OCH3 is 1. The Balaban J connectivity index is 2.35. The first kappa shape index (κ1) is 25.7. The van der Waals surface area contributed by atoms with E-state index < -0.39 is 28.5 Å². The lowest BCUT2D eigenvalue weighted by atomic mass is 10.1. The Hall–Kier alpha value is -2.59. The first-order valence-corrected chi connectivity index (χ1v) is 12.6. The van der Waals surface area contributed by atoms with E-state index in [9.17, 15) is 18.0 Å². The van der Waals surface area contributed by atoms with Gasteiger partial charge in [0.1, 0.15) is 18.3 Å². The third kappa shape index (κ3) is 6.96. The summed E-state index contributed by atoms with van der Waals surface area (Å²) in [6.07, 6.45) is 1.04. The number of halogens is 1. The molecule has 0 aliphatic carbocycles. The van der Waals surface area contributed by atoms with Gasteiger partial charge in [-0.3, -0.25) is 13.9 Å². The Morgan fingerprint density at radius 1 is 1.09 bits per heavy atom. The molecule has 2 amide bonds. The average molecular weight is 526 g/mol. The van der Waals surface area contributed by atoms with E-state index in [1.807, 2.05) is 0 Å². The van der Waals surface area contributed by atoms with Crippen LogP contribution >= 0.6 is 15.9 Å². The van der Waals surface area contributed by atoms with Crippen molar-refractivity contribution in [3.05, 3.63) is 58.6 Å². The summed E-state index contributed by atoms with van der Waals surface area (Å²) in [6, 6.07) is 12.9. The van der Waals surface area contributed by atoms with Crippen molar-refractivity contribution in [3.63, 3.8) is 0 Å². The van der Waals surface area contributed by atoms with Crippen LogP contribution < -0.4 is 14.4 Å². The van der Waals surface area contributed by atoms with Crippen molar-refractivity contribution in [3.8, 4) is 5.75 Å². The minimum atomic E-state index is -3.74. The van der Waals surface area contributed by atoms with Gasteiger partial charge >= 0.3 is 0 Å². The minimum absolute atomic E-state index is 0.138. The second kappa shape index (κ2) is 11.3. The highest BCUT2D eigenvalue weighted by Gasteiger charge is 2.29. The molecule has 10 heteroatoms. The maximum absolute atomic E-state index is 13.3. The molecule has 0 bridgehead atoms. The molecule has 8 nitrogen and oxygen atoms in total. The van der Waals surface area contributed by atoms with E-state index in [-0.39, 0.29) is 12.5 Å². The molecule has 0 fully saturated rings. The molecule has 0 saturated carbocycles. The molecule has 0 saturated heterocycles. The number of carbonyl (C=O) groups excluding carboxylic acids is 2. The van der Waals surface area contributed by atoms with Gasteiger partial charge in [-0.25, -0.2) is 8.42 Å². The van der Waals surface area contributed by atoms with Crippen LogP contribution in [0, 0.1) is 0 Å². The molecule has 32 heavy (non-hydrogen) atoms. The Kier molecular flexibility index (Phi) is 9.09. The fourth-order valence-electron chi connectivity index (χ4n) is 3.05. The van der Waals surface area contributed by atoms with Crippen LogP contribution in [-0.4, -0.2) is 57.6 Å². The fraction of sp³-hybridized carbons (Fsp3) is 0.364. The number of amides is 2. The van der Waals surface area contributed by atoms with Crippen LogP contribution in [0.15, 0.2) is 53.0 Å². The number of likely N-dealkylation sites (N-methyl/N-ethyl adjacent to an activating group) is 1. The van der Waals surface area contributed by atoms with E-state index in [0.717, 1.165) is 20.6 Å². The largest absolute Gasteiger partial charge is 0.497 e. The topological polar surface area (TPSA) is 96.0 Å². The molecule has 0 radical (unpaired) electrons. The Labute approximate surface area is 197 Å². The zero-order valence-corrected chi connectivity index (χ0v) is 20.9. The predicted molar refractivity (Wildman–Crippen MR) is 128 cm³/mol. The van der Waals surface area contributed by atoms with Crippen LogP contribution in [0.2, 0.25) is 0 Å². The third-order valence-electron chi connectivity index (χ3n) is 4.82. The van der Waals surface area contributed by atoms with E-state index >= 15 is 0 Å². The van der Waals surface area contributed by atoms with Crippen LogP contribution in [0.25, 0.3) is 0 Å². The first-order valence-electron chi connectivity index (χ1n) is 10.00. The van der Waals surface area contributed by atoms with Crippen molar-refractivity contribution in [2.75, 3.05) is 30.8 Å². The number of benzene rings is 2. The van der Waals surface area contributed by atoms with Crippen LogP contribution in [0.3, 0.4) is 0 Å². The molecule has 0 aromatic heterocycles. The second-order valence-corrected chi connectivity index (χ2v) is 10.0. The molecule has 2 aromatic carbocycles. The van der Waals surface area contributed by atoms with Crippen molar-refractivity contribution >= 4 is 43.5 Å². The summed E-state index contributed by atoms with van der Waals surface area (Å²) in [7, 11) is -2.18. The number of hydrogen-bond donors (Lipinski definition) is 1. The maximum atomic E-state index is 13.3. The minimum Gasteiger partial charge on any atom is -0.497 e. The molecule has 0 spiro atoms. The average Bonchev–Trinajstić information content (AvgIpc) is 2.75. The molecule has 174 valence electrons.